The van der Waals surface area contributed by atoms with Gasteiger partial charge in [0.2, 0.25) is 15.9 Å². The second-order valence-corrected chi connectivity index (χ2v) is 10.9. The maximum atomic E-state index is 13.1. The molecule has 0 spiro atoms. The standard InChI is InChI=1S/C25H32N4O5S.2H2/c1-4-29(24-16(2)27-34-17(24)3)25(31)19-7-9-20(10-8-19)26-23(30)15-18-5-13-22(14-6-18)35(32,33)28-21-11-12-21;;/h5-10,13-14,16-17,21,24,27-28H,4,11-12,15H2,1-3H3,(H,26,30);2*1H. The SMILES string of the molecule is CCN(C(=O)c1ccc(NC(=O)Cc2ccc(S(=O)(=O)NC3CC3)cc2)cc1)C1C(C)NOC1C.[HH].[HH]. The number of hydroxylamine groups is 1. The lowest BCUT2D eigenvalue weighted by Gasteiger charge is -2.31. The van der Waals surface area contributed by atoms with E-state index in [0.717, 1.165) is 12.8 Å². The molecule has 192 valence electrons. The molecule has 10 heteroatoms. The largest absolute Gasteiger partial charge is 0.332 e. The number of likely N-dealkylation sites (N-methyl/N-ethyl adjacent to an activating group) is 1. The molecule has 1 heterocycles. The number of amides is 2. The van der Waals surface area contributed by atoms with Crippen LogP contribution in [0.4, 0.5) is 5.69 Å². The average molecular weight is 505 g/mol. The van der Waals surface area contributed by atoms with Crippen molar-refractivity contribution in [3.63, 3.8) is 0 Å². The van der Waals surface area contributed by atoms with E-state index in [1.165, 1.54) is 12.1 Å². The smallest absolute Gasteiger partial charge is 0.254 e. The van der Waals surface area contributed by atoms with Crippen LogP contribution in [0.5, 0.6) is 0 Å². The van der Waals surface area contributed by atoms with Crippen LogP contribution in [0.15, 0.2) is 53.4 Å². The molecule has 3 atom stereocenters. The summed E-state index contributed by atoms with van der Waals surface area (Å²) >= 11 is 0. The van der Waals surface area contributed by atoms with Crippen LogP contribution in [-0.4, -0.2) is 55.9 Å². The fourth-order valence-corrected chi connectivity index (χ4v) is 5.61. The number of carbonyl (C=O) groups excluding carboxylic acids is 2. The van der Waals surface area contributed by atoms with Crippen molar-refractivity contribution in [2.24, 2.45) is 0 Å². The van der Waals surface area contributed by atoms with Gasteiger partial charge in [-0.2, -0.15) is 5.48 Å². The number of benzene rings is 2. The topological polar surface area (TPSA) is 117 Å². The van der Waals surface area contributed by atoms with Crippen molar-refractivity contribution in [1.82, 2.24) is 15.1 Å². The van der Waals surface area contributed by atoms with Crippen molar-refractivity contribution >= 4 is 27.5 Å². The molecular formula is C25H36N4O5S. The van der Waals surface area contributed by atoms with Crippen LogP contribution >= 0.6 is 0 Å². The molecule has 2 amide bonds. The molecule has 0 radical (unpaired) electrons. The number of carbonyl (C=O) groups is 2. The summed E-state index contributed by atoms with van der Waals surface area (Å²) in [6.45, 7) is 6.42. The van der Waals surface area contributed by atoms with Crippen molar-refractivity contribution in [2.75, 3.05) is 11.9 Å². The normalized spacial score (nSPS) is 22.1. The van der Waals surface area contributed by atoms with Gasteiger partial charge in [-0.1, -0.05) is 12.1 Å². The molecule has 2 aromatic rings. The van der Waals surface area contributed by atoms with Gasteiger partial charge in [-0.25, -0.2) is 13.1 Å². The Morgan fingerprint density at radius 2 is 1.74 bits per heavy atom. The maximum Gasteiger partial charge on any atom is 0.254 e. The highest BCUT2D eigenvalue weighted by Gasteiger charge is 2.38. The number of nitrogens with zero attached hydrogens (tertiary/aromatic N) is 1. The number of hydrogen-bond donors (Lipinski definition) is 3. The first-order valence-electron chi connectivity index (χ1n) is 11.9. The van der Waals surface area contributed by atoms with Crippen LogP contribution in [0.1, 0.15) is 52.4 Å². The highest BCUT2D eigenvalue weighted by molar-refractivity contribution is 7.89. The molecule has 0 bridgehead atoms. The number of rotatable bonds is 9. The molecule has 1 saturated carbocycles. The van der Waals surface area contributed by atoms with Crippen LogP contribution < -0.4 is 15.5 Å². The zero-order chi connectivity index (χ0) is 25.2. The number of anilines is 1. The fraction of sp³-hybridized carbons (Fsp3) is 0.440. The van der Waals surface area contributed by atoms with Gasteiger partial charge in [0.05, 0.1) is 29.5 Å². The van der Waals surface area contributed by atoms with E-state index in [1.807, 2.05) is 20.8 Å². The lowest BCUT2D eigenvalue weighted by Crippen LogP contribution is -2.49. The van der Waals surface area contributed by atoms with Crippen LogP contribution in [0.25, 0.3) is 0 Å². The van der Waals surface area contributed by atoms with Crippen molar-refractivity contribution in [2.45, 2.75) is 69.2 Å². The quantitative estimate of drug-likeness (QED) is 0.483. The van der Waals surface area contributed by atoms with E-state index in [0.29, 0.717) is 23.4 Å². The van der Waals surface area contributed by atoms with Gasteiger partial charge in [-0.3, -0.25) is 14.4 Å². The predicted molar refractivity (Wildman–Crippen MR) is 136 cm³/mol. The van der Waals surface area contributed by atoms with Gasteiger partial charge in [0, 0.05) is 26.7 Å². The van der Waals surface area contributed by atoms with E-state index in [-0.39, 0.29) is 50.2 Å². The minimum Gasteiger partial charge on any atom is -0.332 e. The first-order valence-corrected chi connectivity index (χ1v) is 13.4. The molecule has 2 aliphatic rings. The predicted octanol–water partition coefficient (Wildman–Crippen LogP) is 2.94. The van der Waals surface area contributed by atoms with Gasteiger partial charge in [0.15, 0.2) is 0 Å². The summed E-state index contributed by atoms with van der Waals surface area (Å²) in [5.41, 5.74) is 4.75. The Balaban J connectivity index is 0.00000241. The molecule has 1 saturated heterocycles. The molecule has 4 rings (SSSR count). The molecular weight excluding hydrogens is 468 g/mol. The Kier molecular flexibility index (Phi) is 7.56. The van der Waals surface area contributed by atoms with Crippen molar-refractivity contribution in [3.8, 4) is 0 Å². The van der Waals surface area contributed by atoms with Gasteiger partial charge in [0.25, 0.3) is 5.91 Å². The third-order valence-corrected chi connectivity index (χ3v) is 7.84. The Morgan fingerprint density at radius 3 is 2.29 bits per heavy atom. The summed E-state index contributed by atoms with van der Waals surface area (Å²) < 4.78 is 27.2. The van der Waals surface area contributed by atoms with E-state index < -0.39 is 10.0 Å². The van der Waals surface area contributed by atoms with Gasteiger partial charge in [-0.05, 0) is 75.6 Å². The third kappa shape index (κ3) is 6.07. The molecule has 35 heavy (non-hydrogen) atoms. The summed E-state index contributed by atoms with van der Waals surface area (Å²) in [7, 11) is -3.51. The first kappa shape index (κ1) is 25.3. The lowest BCUT2D eigenvalue weighted by molar-refractivity contribution is -0.115. The third-order valence-electron chi connectivity index (χ3n) is 6.31. The minimum absolute atomic E-state index is 0. The molecule has 2 fully saturated rings. The van der Waals surface area contributed by atoms with Crippen molar-refractivity contribution in [1.29, 1.82) is 0 Å². The summed E-state index contributed by atoms with van der Waals surface area (Å²) in [5.74, 6) is -0.324. The molecule has 1 aliphatic heterocycles. The van der Waals surface area contributed by atoms with E-state index in [9.17, 15) is 18.0 Å². The zero-order valence-electron chi connectivity index (χ0n) is 20.2. The highest BCUT2D eigenvalue weighted by Crippen LogP contribution is 2.23. The molecule has 2 aromatic carbocycles. The summed E-state index contributed by atoms with van der Waals surface area (Å²) in [6.07, 6.45) is 1.73. The van der Waals surface area contributed by atoms with Gasteiger partial charge >= 0.3 is 0 Å². The van der Waals surface area contributed by atoms with Crippen molar-refractivity contribution < 1.29 is 25.7 Å². The van der Waals surface area contributed by atoms with Crippen LogP contribution in [0.3, 0.4) is 0 Å². The van der Waals surface area contributed by atoms with Gasteiger partial charge in [0.1, 0.15) is 0 Å². The monoisotopic (exact) mass is 504 g/mol. The van der Waals surface area contributed by atoms with E-state index in [1.54, 1.807) is 41.3 Å². The Labute approximate surface area is 209 Å². The van der Waals surface area contributed by atoms with Crippen molar-refractivity contribution in [3.05, 3.63) is 59.7 Å². The maximum absolute atomic E-state index is 13.1. The summed E-state index contributed by atoms with van der Waals surface area (Å²) in [5, 5.41) is 2.82. The average Bonchev–Trinajstić information content (AvgIpc) is 3.58. The molecule has 3 N–H and O–H groups in total. The lowest BCUT2D eigenvalue weighted by atomic mass is 10.0. The number of sulfonamides is 1. The second kappa shape index (κ2) is 10.4. The second-order valence-electron chi connectivity index (χ2n) is 9.15. The van der Waals surface area contributed by atoms with Gasteiger partial charge in [-0.15, -0.1) is 0 Å². The molecule has 1 aliphatic carbocycles. The highest BCUT2D eigenvalue weighted by atomic mass is 32.2. The van der Waals surface area contributed by atoms with Crippen LogP contribution in [0, 0.1) is 0 Å². The summed E-state index contributed by atoms with van der Waals surface area (Å²) in [4.78, 5) is 33.1. The van der Waals surface area contributed by atoms with Crippen LogP contribution in [-0.2, 0) is 26.1 Å². The van der Waals surface area contributed by atoms with E-state index in [4.69, 9.17) is 4.84 Å². The molecule has 3 unspecified atom stereocenters. The fourth-order valence-electron chi connectivity index (χ4n) is 4.30. The Morgan fingerprint density at radius 1 is 1.09 bits per heavy atom. The van der Waals surface area contributed by atoms with Crippen LogP contribution in [0.2, 0.25) is 0 Å². The van der Waals surface area contributed by atoms with E-state index >= 15 is 0 Å². The summed E-state index contributed by atoms with van der Waals surface area (Å²) in [6, 6.07) is 13.1. The zero-order valence-corrected chi connectivity index (χ0v) is 21.0. The molecule has 0 aromatic heterocycles. The number of hydrogen-bond acceptors (Lipinski definition) is 6. The first-order chi connectivity index (χ1) is 16.7. The van der Waals surface area contributed by atoms with Gasteiger partial charge < -0.3 is 10.2 Å². The Bertz CT molecular complexity index is 1160. The van der Waals surface area contributed by atoms with E-state index in [2.05, 4.69) is 15.5 Å². The Hall–Kier alpha value is -2.79. The number of nitrogens with one attached hydrogen (secondary N) is 3. The molecule has 9 nitrogen and oxygen atoms in total. The minimum atomic E-state index is -3.51.